The number of hydrogen-bond donors (Lipinski definition) is 2. The molecule has 0 atom stereocenters. The molecule has 1 fully saturated rings. The normalized spacial score (nSPS) is 15.9. The number of nitrogens with zero attached hydrogens (tertiary/aromatic N) is 1. The van der Waals surface area contributed by atoms with Crippen molar-refractivity contribution in [3.63, 3.8) is 0 Å². The van der Waals surface area contributed by atoms with E-state index < -0.39 is 11.7 Å². The van der Waals surface area contributed by atoms with Gasteiger partial charge in [-0.1, -0.05) is 0 Å². The predicted molar refractivity (Wildman–Crippen MR) is 74.2 cm³/mol. The topological polar surface area (TPSA) is 63.2 Å². The Morgan fingerprint density at radius 3 is 2.95 bits per heavy atom. The van der Waals surface area contributed by atoms with E-state index in [1.807, 2.05) is 6.92 Å². The summed E-state index contributed by atoms with van der Waals surface area (Å²) >= 11 is 0. The van der Waals surface area contributed by atoms with Crippen molar-refractivity contribution in [2.75, 3.05) is 31.6 Å². The quantitative estimate of drug-likeness (QED) is 0.864. The zero-order valence-corrected chi connectivity index (χ0v) is 11.6. The molecule has 6 heteroatoms. The smallest absolute Gasteiger partial charge is 0.254 e. The van der Waals surface area contributed by atoms with Crippen LogP contribution in [0, 0.1) is 11.7 Å². The van der Waals surface area contributed by atoms with Crippen molar-refractivity contribution < 1.29 is 13.9 Å². The highest BCUT2D eigenvalue weighted by Crippen LogP contribution is 2.16. The van der Waals surface area contributed by atoms with Gasteiger partial charge in [0.05, 0.1) is 5.56 Å². The van der Waals surface area contributed by atoms with Crippen LogP contribution in [0.2, 0.25) is 0 Å². The van der Waals surface area contributed by atoms with E-state index in [1.165, 1.54) is 12.3 Å². The van der Waals surface area contributed by atoms with Crippen molar-refractivity contribution in [2.24, 2.45) is 5.92 Å². The molecule has 0 saturated carbocycles. The highest BCUT2D eigenvalue weighted by atomic mass is 19.1. The molecule has 2 rings (SSSR count). The van der Waals surface area contributed by atoms with Gasteiger partial charge in [0.25, 0.3) is 5.91 Å². The number of aromatic nitrogens is 1. The van der Waals surface area contributed by atoms with Crippen LogP contribution in [-0.4, -0.2) is 37.2 Å². The first-order valence-corrected chi connectivity index (χ1v) is 6.96. The summed E-state index contributed by atoms with van der Waals surface area (Å²) in [7, 11) is 0. The van der Waals surface area contributed by atoms with E-state index in [0.29, 0.717) is 19.0 Å². The highest BCUT2D eigenvalue weighted by molar-refractivity contribution is 5.95. The van der Waals surface area contributed by atoms with Gasteiger partial charge in [-0.3, -0.25) is 4.79 Å². The van der Waals surface area contributed by atoms with E-state index in [-0.39, 0.29) is 11.4 Å². The molecule has 0 bridgehead atoms. The van der Waals surface area contributed by atoms with E-state index in [2.05, 4.69) is 15.6 Å². The molecule has 1 aliphatic heterocycles. The lowest BCUT2D eigenvalue weighted by Crippen LogP contribution is -2.32. The van der Waals surface area contributed by atoms with Gasteiger partial charge >= 0.3 is 0 Å². The van der Waals surface area contributed by atoms with Gasteiger partial charge in [-0.05, 0) is 31.7 Å². The first kappa shape index (κ1) is 14.7. The van der Waals surface area contributed by atoms with E-state index in [0.717, 1.165) is 26.1 Å². The van der Waals surface area contributed by atoms with Gasteiger partial charge in [0.1, 0.15) is 0 Å². The molecule has 1 aliphatic rings. The van der Waals surface area contributed by atoms with Gasteiger partial charge in [0.15, 0.2) is 11.6 Å². The van der Waals surface area contributed by atoms with Crippen LogP contribution in [0.1, 0.15) is 30.1 Å². The van der Waals surface area contributed by atoms with Crippen LogP contribution in [0.25, 0.3) is 0 Å². The summed E-state index contributed by atoms with van der Waals surface area (Å²) in [5.41, 5.74) is 0.0306. The van der Waals surface area contributed by atoms with E-state index in [4.69, 9.17) is 4.74 Å². The van der Waals surface area contributed by atoms with Crippen molar-refractivity contribution in [2.45, 2.75) is 19.8 Å². The number of nitrogens with one attached hydrogen (secondary N) is 2. The second kappa shape index (κ2) is 7.19. The molecule has 0 aromatic carbocycles. The van der Waals surface area contributed by atoms with Crippen molar-refractivity contribution in [1.82, 2.24) is 10.3 Å². The first-order chi connectivity index (χ1) is 9.72. The fourth-order valence-electron chi connectivity index (χ4n) is 2.19. The lowest BCUT2D eigenvalue weighted by molar-refractivity contribution is 0.0642. The fraction of sp³-hybridized carbons (Fsp3) is 0.571. The molecule has 20 heavy (non-hydrogen) atoms. The summed E-state index contributed by atoms with van der Waals surface area (Å²) in [4.78, 5) is 15.9. The third-order valence-electron chi connectivity index (χ3n) is 3.37. The fourth-order valence-corrected chi connectivity index (χ4v) is 2.19. The van der Waals surface area contributed by atoms with Gasteiger partial charge < -0.3 is 15.4 Å². The van der Waals surface area contributed by atoms with Crippen LogP contribution < -0.4 is 10.6 Å². The number of amides is 1. The van der Waals surface area contributed by atoms with Crippen LogP contribution >= 0.6 is 0 Å². The summed E-state index contributed by atoms with van der Waals surface area (Å²) in [5.74, 6) is -0.466. The number of pyridine rings is 1. The average molecular weight is 281 g/mol. The molecule has 0 spiro atoms. The molecule has 0 aliphatic carbocycles. The Kier molecular flexibility index (Phi) is 5.29. The molecule has 1 aromatic heterocycles. The van der Waals surface area contributed by atoms with Crippen molar-refractivity contribution >= 4 is 11.7 Å². The molecule has 1 saturated heterocycles. The second-order valence-electron chi connectivity index (χ2n) is 4.82. The number of anilines is 1. The van der Waals surface area contributed by atoms with Crippen LogP contribution in [0.15, 0.2) is 12.3 Å². The molecule has 1 aromatic rings. The van der Waals surface area contributed by atoms with E-state index in [9.17, 15) is 9.18 Å². The maximum Gasteiger partial charge on any atom is 0.254 e. The molecule has 0 radical (unpaired) electrons. The van der Waals surface area contributed by atoms with E-state index >= 15 is 0 Å². The summed E-state index contributed by atoms with van der Waals surface area (Å²) < 4.78 is 19.3. The lowest BCUT2D eigenvalue weighted by atomic mass is 10.0. The van der Waals surface area contributed by atoms with E-state index in [1.54, 1.807) is 0 Å². The molecular weight excluding hydrogens is 261 g/mol. The van der Waals surface area contributed by atoms with Crippen LogP contribution in [-0.2, 0) is 4.74 Å². The molecule has 2 N–H and O–H groups in total. The monoisotopic (exact) mass is 281 g/mol. The Balaban J connectivity index is 1.96. The summed E-state index contributed by atoms with van der Waals surface area (Å²) in [6.07, 6.45) is 3.30. The number of carbonyl (C=O) groups excluding carboxylic acids is 1. The first-order valence-electron chi connectivity index (χ1n) is 6.96. The number of ether oxygens (including phenoxy) is 1. The minimum atomic E-state index is -0.598. The van der Waals surface area contributed by atoms with Crippen LogP contribution in [0.4, 0.5) is 10.2 Å². The SMILES string of the molecule is CCNc1nccc(C(=O)NCC2CCOCC2)c1F. The Hall–Kier alpha value is -1.69. The Morgan fingerprint density at radius 1 is 1.50 bits per heavy atom. The summed E-state index contributed by atoms with van der Waals surface area (Å²) in [6, 6.07) is 1.40. The largest absolute Gasteiger partial charge is 0.381 e. The van der Waals surface area contributed by atoms with Gasteiger partial charge in [0, 0.05) is 32.5 Å². The minimum absolute atomic E-state index is 0.0306. The Labute approximate surface area is 117 Å². The van der Waals surface area contributed by atoms with Gasteiger partial charge in [0.2, 0.25) is 0 Å². The minimum Gasteiger partial charge on any atom is -0.381 e. The highest BCUT2D eigenvalue weighted by Gasteiger charge is 2.18. The molecule has 110 valence electrons. The average Bonchev–Trinajstić information content (AvgIpc) is 2.48. The number of carbonyl (C=O) groups is 1. The van der Waals surface area contributed by atoms with Crippen LogP contribution in [0.5, 0.6) is 0 Å². The van der Waals surface area contributed by atoms with Crippen molar-refractivity contribution in [1.29, 1.82) is 0 Å². The van der Waals surface area contributed by atoms with Gasteiger partial charge in [-0.25, -0.2) is 9.37 Å². The third kappa shape index (κ3) is 3.66. The van der Waals surface area contributed by atoms with Crippen LogP contribution in [0.3, 0.4) is 0 Å². The molecular formula is C14H20FN3O2. The molecule has 5 nitrogen and oxygen atoms in total. The van der Waals surface area contributed by atoms with Gasteiger partial charge in [-0.15, -0.1) is 0 Å². The molecule has 1 amide bonds. The predicted octanol–water partition coefficient (Wildman–Crippen LogP) is 1.81. The zero-order valence-electron chi connectivity index (χ0n) is 11.6. The summed E-state index contributed by atoms with van der Waals surface area (Å²) in [6.45, 7) is 4.42. The summed E-state index contributed by atoms with van der Waals surface area (Å²) in [5, 5.41) is 5.58. The zero-order chi connectivity index (χ0) is 14.4. The maximum atomic E-state index is 14.1. The number of rotatable bonds is 5. The second-order valence-corrected chi connectivity index (χ2v) is 4.82. The lowest BCUT2D eigenvalue weighted by Gasteiger charge is -2.22. The maximum absolute atomic E-state index is 14.1. The number of hydrogen-bond acceptors (Lipinski definition) is 4. The molecule has 0 unspecified atom stereocenters. The standard InChI is InChI=1S/C14H20FN3O2/c1-2-16-13-12(15)11(3-6-17-13)14(19)18-9-10-4-7-20-8-5-10/h3,6,10H,2,4-5,7-9H2,1H3,(H,16,17)(H,18,19). The Bertz CT molecular complexity index is 462. The Morgan fingerprint density at radius 2 is 2.25 bits per heavy atom. The van der Waals surface area contributed by atoms with Crippen molar-refractivity contribution in [3.8, 4) is 0 Å². The van der Waals surface area contributed by atoms with Gasteiger partial charge in [-0.2, -0.15) is 0 Å². The third-order valence-corrected chi connectivity index (χ3v) is 3.37. The number of halogens is 1. The molecule has 2 heterocycles. The van der Waals surface area contributed by atoms with Crippen molar-refractivity contribution in [3.05, 3.63) is 23.6 Å².